The maximum absolute atomic E-state index is 10.7. The summed E-state index contributed by atoms with van der Waals surface area (Å²) in [6, 6.07) is 19.2. The molecule has 30 heavy (non-hydrogen) atoms. The van der Waals surface area contributed by atoms with Gasteiger partial charge in [0.2, 0.25) is 6.41 Å². The van der Waals surface area contributed by atoms with E-state index in [-0.39, 0.29) is 0 Å². The highest BCUT2D eigenvalue weighted by atomic mass is 35.5. The fourth-order valence-electron chi connectivity index (χ4n) is 3.37. The van der Waals surface area contributed by atoms with E-state index < -0.39 is 0 Å². The molecule has 5 aromatic rings. The summed E-state index contributed by atoms with van der Waals surface area (Å²) >= 11 is 6.26. The second-order valence-electron chi connectivity index (χ2n) is 6.77. The van der Waals surface area contributed by atoms with Crippen LogP contribution in [0.5, 0.6) is 0 Å². The van der Waals surface area contributed by atoms with Crippen molar-refractivity contribution in [1.82, 2.24) is 25.0 Å². The topological polar surface area (TPSA) is 85.6 Å². The van der Waals surface area contributed by atoms with Gasteiger partial charge in [0.15, 0.2) is 5.65 Å². The summed E-state index contributed by atoms with van der Waals surface area (Å²) in [6.45, 7) is 0.542. The first-order chi connectivity index (χ1) is 14.7. The van der Waals surface area contributed by atoms with Crippen LogP contribution in [-0.4, -0.2) is 31.4 Å². The number of carbonyl (C=O) groups is 1. The highest BCUT2D eigenvalue weighted by Crippen LogP contribution is 2.28. The average Bonchev–Trinajstić information content (AvgIpc) is 3.17. The van der Waals surface area contributed by atoms with Gasteiger partial charge in [0.25, 0.3) is 0 Å². The van der Waals surface area contributed by atoms with Crippen LogP contribution in [0, 0.1) is 0 Å². The predicted molar refractivity (Wildman–Crippen MR) is 116 cm³/mol. The second-order valence-corrected chi connectivity index (χ2v) is 7.18. The van der Waals surface area contributed by atoms with Gasteiger partial charge in [-0.25, -0.2) is 9.67 Å². The van der Waals surface area contributed by atoms with E-state index >= 15 is 0 Å². The first-order valence-electron chi connectivity index (χ1n) is 9.25. The Morgan fingerprint density at radius 3 is 2.80 bits per heavy atom. The molecule has 0 aliphatic carbocycles. The molecular weight excluding hydrogens is 400 g/mol. The Balaban J connectivity index is 1.51. The number of anilines is 1. The molecule has 0 radical (unpaired) electrons. The fourth-order valence-corrected chi connectivity index (χ4v) is 3.61. The summed E-state index contributed by atoms with van der Waals surface area (Å²) < 4.78 is 1.78. The van der Waals surface area contributed by atoms with Crippen LogP contribution in [0.25, 0.3) is 33.3 Å². The van der Waals surface area contributed by atoms with Crippen LogP contribution < -0.4 is 5.32 Å². The molecule has 3 aromatic heterocycles. The Morgan fingerprint density at radius 2 is 1.93 bits per heavy atom. The lowest BCUT2D eigenvalue weighted by molar-refractivity contribution is -0.105. The molecule has 0 unspecified atom stereocenters. The Labute approximate surface area is 176 Å². The van der Waals surface area contributed by atoms with E-state index in [1.165, 1.54) is 0 Å². The molecule has 7 nitrogen and oxygen atoms in total. The number of hydrogen-bond donors (Lipinski definition) is 1. The van der Waals surface area contributed by atoms with Gasteiger partial charge in [0.05, 0.1) is 28.5 Å². The standard InChI is InChI=1S/C22H15ClN6O/c23-17-11-16(4-6-20(17)25-13-30)19-7-8-21-22(26-19)29(28-27-21)12-14-3-5-18-15(10-14)2-1-9-24-18/h1-11,13H,12H2,(H,25,30). The summed E-state index contributed by atoms with van der Waals surface area (Å²) in [5, 5.41) is 12.6. The number of rotatable bonds is 5. The van der Waals surface area contributed by atoms with Gasteiger partial charge in [-0.1, -0.05) is 35.0 Å². The number of aromatic nitrogens is 5. The van der Waals surface area contributed by atoms with Crippen molar-refractivity contribution in [2.45, 2.75) is 6.54 Å². The minimum Gasteiger partial charge on any atom is -0.327 e. The van der Waals surface area contributed by atoms with Crippen LogP contribution in [0.1, 0.15) is 5.56 Å². The maximum atomic E-state index is 10.7. The van der Waals surface area contributed by atoms with Gasteiger partial charge in [0, 0.05) is 17.1 Å². The molecule has 0 atom stereocenters. The van der Waals surface area contributed by atoms with Crippen molar-refractivity contribution in [3.05, 3.63) is 77.4 Å². The highest BCUT2D eigenvalue weighted by Gasteiger charge is 2.11. The van der Waals surface area contributed by atoms with Crippen LogP contribution in [0.3, 0.4) is 0 Å². The van der Waals surface area contributed by atoms with Gasteiger partial charge in [-0.2, -0.15) is 0 Å². The lowest BCUT2D eigenvalue weighted by atomic mass is 10.1. The molecule has 3 heterocycles. The maximum Gasteiger partial charge on any atom is 0.211 e. The zero-order valence-electron chi connectivity index (χ0n) is 15.7. The van der Waals surface area contributed by atoms with Gasteiger partial charge in [-0.15, -0.1) is 5.10 Å². The smallest absolute Gasteiger partial charge is 0.211 e. The van der Waals surface area contributed by atoms with Crippen molar-refractivity contribution in [1.29, 1.82) is 0 Å². The molecule has 0 saturated heterocycles. The normalized spacial score (nSPS) is 11.1. The Bertz CT molecular complexity index is 1400. The SMILES string of the molecule is O=CNc1ccc(-c2ccc3nnn(Cc4ccc5ncccc5c4)c3n2)cc1Cl. The van der Waals surface area contributed by atoms with Crippen LogP contribution in [-0.2, 0) is 11.3 Å². The second kappa shape index (κ2) is 7.53. The Morgan fingerprint density at radius 1 is 1.03 bits per heavy atom. The number of pyridine rings is 2. The van der Waals surface area contributed by atoms with Crippen molar-refractivity contribution >= 4 is 45.8 Å². The molecule has 8 heteroatoms. The molecule has 1 amide bonds. The van der Waals surface area contributed by atoms with E-state index in [2.05, 4.69) is 26.7 Å². The van der Waals surface area contributed by atoms with E-state index in [0.717, 1.165) is 27.7 Å². The van der Waals surface area contributed by atoms with Gasteiger partial charge >= 0.3 is 0 Å². The van der Waals surface area contributed by atoms with Gasteiger partial charge in [-0.3, -0.25) is 9.78 Å². The summed E-state index contributed by atoms with van der Waals surface area (Å²) in [5.74, 6) is 0. The number of nitrogens with one attached hydrogen (secondary N) is 1. The zero-order chi connectivity index (χ0) is 20.5. The minimum absolute atomic E-state index is 0.443. The minimum atomic E-state index is 0.443. The predicted octanol–water partition coefficient (Wildman–Crippen LogP) is 4.31. The number of nitrogens with zero attached hydrogens (tertiary/aromatic N) is 5. The number of carbonyl (C=O) groups excluding carboxylic acids is 1. The van der Waals surface area contributed by atoms with Crippen molar-refractivity contribution in [2.24, 2.45) is 0 Å². The molecular formula is C22H15ClN6O. The third kappa shape index (κ3) is 3.35. The molecule has 0 aliphatic heterocycles. The van der Waals surface area contributed by atoms with Crippen LogP contribution >= 0.6 is 11.6 Å². The number of benzene rings is 2. The molecule has 0 aliphatic rings. The monoisotopic (exact) mass is 414 g/mol. The molecule has 0 bridgehead atoms. The van der Waals surface area contributed by atoms with Gasteiger partial charge < -0.3 is 5.32 Å². The van der Waals surface area contributed by atoms with Crippen LogP contribution in [0.4, 0.5) is 5.69 Å². The third-order valence-electron chi connectivity index (χ3n) is 4.84. The highest BCUT2D eigenvalue weighted by molar-refractivity contribution is 6.33. The molecule has 0 spiro atoms. The van der Waals surface area contributed by atoms with E-state index in [4.69, 9.17) is 16.6 Å². The van der Waals surface area contributed by atoms with E-state index in [0.29, 0.717) is 34.8 Å². The van der Waals surface area contributed by atoms with E-state index in [1.54, 1.807) is 23.0 Å². The first-order valence-corrected chi connectivity index (χ1v) is 9.63. The third-order valence-corrected chi connectivity index (χ3v) is 5.15. The molecule has 0 saturated carbocycles. The van der Waals surface area contributed by atoms with Crippen molar-refractivity contribution < 1.29 is 4.79 Å². The summed E-state index contributed by atoms with van der Waals surface area (Å²) in [4.78, 5) is 19.8. The Hall–Kier alpha value is -3.84. The molecule has 1 N–H and O–H groups in total. The molecule has 2 aromatic carbocycles. The lowest BCUT2D eigenvalue weighted by Gasteiger charge is -2.07. The van der Waals surface area contributed by atoms with Crippen molar-refractivity contribution in [3.63, 3.8) is 0 Å². The molecule has 5 rings (SSSR count). The fraction of sp³-hybridized carbons (Fsp3) is 0.0455. The first kappa shape index (κ1) is 18.2. The lowest BCUT2D eigenvalue weighted by Crippen LogP contribution is -2.03. The van der Waals surface area contributed by atoms with Crippen LogP contribution in [0.15, 0.2) is 66.9 Å². The number of halogens is 1. The Kier molecular flexibility index (Phi) is 4.57. The summed E-state index contributed by atoms with van der Waals surface area (Å²) in [7, 11) is 0. The average molecular weight is 415 g/mol. The molecule has 146 valence electrons. The van der Waals surface area contributed by atoms with E-state index in [1.807, 2.05) is 42.5 Å². The summed E-state index contributed by atoms with van der Waals surface area (Å²) in [5.41, 5.74) is 5.57. The number of fused-ring (bicyclic) bond motifs is 2. The number of hydrogen-bond acceptors (Lipinski definition) is 5. The number of amides is 1. The van der Waals surface area contributed by atoms with E-state index in [9.17, 15) is 4.79 Å². The zero-order valence-corrected chi connectivity index (χ0v) is 16.4. The van der Waals surface area contributed by atoms with Gasteiger partial charge in [-0.05, 0) is 48.0 Å². The van der Waals surface area contributed by atoms with Crippen LogP contribution in [0.2, 0.25) is 5.02 Å². The summed E-state index contributed by atoms with van der Waals surface area (Å²) in [6.07, 6.45) is 2.38. The largest absolute Gasteiger partial charge is 0.327 e. The quantitative estimate of drug-likeness (QED) is 0.433. The van der Waals surface area contributed by atoms with Crippen molar-refractivity contribution in [3.8, 4) is 11.3 Å². The molecule has 0 fully saturated rings. The van der Waals surface area contributed by atoms with Gasteiger partial charge in [0.1, 0.15) is 5.52 Å². The van der Waals surface area contributed by atoms with Crippen molar-refractivity contribution in [2.75, 3.05) is 5.32 Å².